The van der Waals surface area contributed by atoms with E-state index in [4.69, 9.17) is 10.8 Å². The fourth-order valence-electron chi connectivity index (χ4n) is 2.27. The molecule has 1 aliphatic heterocycles. The van der Waals surface area contributed by atoms with Gasteiger partial charge in [-0.3, -0.25) is 9.69 Å². The molecule has 1 heterocycles. The van der Waals surface area contributed by atoms with E-state index in [0.717, 1.165) is 18.7 Å². The van der Waals surface area contributed by atoms with Gasteiger partial charge in [0.1, 0.15) is 0 Å². The molecule has 0 radical (unpaired) electrons. The number of nitrogens with zero attached hydrogens (tertiary/aromatic N) is 2. The van der Waals surface area contributed by atoms with E-state index in [0.29, 0.717) is 30.9 Å². The van der Waals surface area contributed by atoms with Crippen molar-refractivity contribution in [3.63, 3.8) is 0 Å². The van der Waals surface area contributed by atoms with E-state index in [9.17, 15) is 4.79 Å². The summed E-state index contributed by atoms with van der Waals surface area (Å²) in [6.45, 7) is 5.81. The molecule has 0 bridgehead atoms. The number of nitrogen functional groups attached to an aromatic ring is 1. The highest BCUT2D eigenvalue weighted by Crippen LogP contribution is 2.15. The number of aryl methyl sites for hydroxylation is 1. The lowest BCUT2D eigenvalue weighted by Crippen LogP contribution is -2.49. The number of aliphatic hydroxyl groups excluding tert-OH is 1. The summed E-state index contributed by atoms with van der Waals surface area (Å²) in [5.41, 5.74) is 8.14. The molecule has 2 rings (SSSR count). The molecule has 104 valence electrons. The molecule has 0 saturated carbocycles. The summed E-state index contributed by atoms with van der Waals surface area (Å²) >= 11 is 0. The van der Waals surface area contributed by atoms with Crippen molar-refractivity contribution in [3.8, 4) is 0 Å². The minimum atomic E-state index is 0.0374. The zero-order valence-corrected chi connectivity index (χ0v) is 11.3. The highest BCUT2D eigenvalue weighted by atomic mass is 16.3. The van der Waals surface area contributed by atoms with E-state index in [1.54, 1.807) is 6.07 Å². The van der Waals surface area contributed by atoms with Gasteiger partial charge < -0.3 is 15.7 Å². The molecule has 0 unspecified atom stereocenters. The minimum absolute atomic E-state index is 0.0374. The smallest absolute Gasteiger partial charge is 0.254 e. The van der Waals surface area contributed by atoms with Gasteiger partial charge in [-0.2, -0.15) is 0 Å². The number of anilines is 1. The number of β-amino-alcohol motifs (C(OH)–C–C–N with tert-alkyl or cyclic N) is 1. The Morgan fingerprint density at radius 2 is 2.00 bits per heavy atom. The summed E-state index contributed by atoms with van der Waals surface area (Å²) < 4.78 is 0. The Labute approximate surface area is 113 Å². The fraction of sp³-hybridized carbons (Fsp3) is 0.500. The number of amides is 1. The highest BCUT2D eigenvalue weighted by Gasteiger charge is 2.21. The Morgan fingerprint density at radius 3 is 2.58 bits per heavy atom. The number of nitrogens with two attached hydrogens (primary N) is 1. The van der Waals surface area contributed by atoms with Crippen LogP contribution in [0.15, 0.2) is 18.2 Å². The number of benzene rings is 1. The predicted octanol–water partition coefficient (Wildman–Crippen LogP) is 0.327. The van der Waals surface area contributed by atoms with Crippen LogP contribution in [0.2, 0.25) is 0 Å². The van der Waals surface area contributed by atoms with Crippen molar-refractivity contribution in [2.45, 2.75) is 6.92 Å². The molecule has 0 aromatic heterocycles. The van der Waals surface area contributed by atoms with Crippen LogP contribution in [0, 0.1) is 6.92 Å². The van der Waals surface area contributed by atoms with Crippen LogP contribution in [0.5, 0.6) is 0 Å². The van der Waals surface area contributed by atoms with Gasteiger partial charge in [0.05, 0.1) is 6.61 Å². The molecule has 19 heavy (non-hydrogen) atoms. The second-order valence-corrected chi connectivity index (χ2v) is 4.93. The third-order valence-electron chi connectivity index (χ3n) is 3.60. The molecule has 1 aromatic carbocycles. The minimum Gasteiger partial charge on any atom is -0.398 e. The monoisotopic (exact) mass is 263 g/mol. The first kappa shape index (κ1) is 13.8. The van der Waals surface area contributed by atoms with Crippen molar-refractivity contribution in [1.82, 2.24) is 9.80 Å². The zero-order valence-electron chi connectivity index (χ0n) is 11.3. The van der Waals surface area contributed by atoms with Crippen LogP contribution in [0.4, 0.5) is 5.69 Å². The van der Waals surface area contributed by atoms with Crippen LogP contribution in [0.25, 0.3) is 0 Å². The molecular weight excluding hydrogens is 242 g/mol. The number of carbonyl (C=O) groups excluding carboxylic acids is 1. The Kier molecular flexibility index (Phi) is 4.39. The third-order valence-corrected chi connectivity index (χ3v) is 3.60. The van der Waals surface area contributed by atoms with Gasteiger partial charge in [-0.1, -0.05) is 6.07 Å². The van der Waals surface area contributed by atoms with E-state index >= 15 is 0 Å². The molecule has 1 saturated heterocycles. The maximum Gasteiger partial charge on any atom is 0.254 e. The summed E-state index contributed by atoms with van der Waals surface area (Å²) in [5, 5.41) is 8.89. The number of hydrogen-bond acceptors (Lipinski definition) is 4. The second kappa shape index (κ2) is 6.04. The van der Waals surface area contributed by atoms with Crippen LogP contribution >= 0.6 is 0 Å². The van der Waals surface area contributed by atoms with Gasteiger partial charge in [0.15, 0.2) is 0 Å². The Morgan fingerprint density at radius 1 is 1.32 bits per heavy atom. The maximum atomic E-state index is 12.3. The molecule has 0 aliphatic carbocycles. The lowest BCUT2D eigenvalue weighted by atomic mass is 10.1. The predicted molar refractivity (Wildman–Crippen MR) is 75.0 cm³/mol. The van der Waals surface area contributed by atoms with Crippen molar-refractivity contribution in [1.29, 1.82) is 0 Å². The summed E-state index contributed by atoms with van der Waals surface area (Å²) in [5.74, 6) is 0.0374. The number of carbonyl (C=O) groups is 1. The van der Waals surface area contributed by atoms with Crippen molar-refractivity contribution >= 4 is 11.6 Å². The number of piperazine rings is 1. The zero-order chi connectivity index (χ0) is 13.8. The van der Waals surface area contributed by atoms with Crippen LogP contribution in [-0.4, -0.2) is 60.1 Å². The molecule has 1 aromatic rings. The van der Waals surface area contributed by atoms with Crippen LogP contribution in [0.1, 0.15) is 15.9 Å². The molecular formula is C14H21N3O2. The van der Waals surface area contributed by atoms with Crippen molar-refractivity contribution in [2.75, 3.05) is 45.1 Å². The van der Waals surface area contributed by atoms with E-state index in [-0.39, 0.29) is 12.5 Å². The lowest BCUT2D eigenvalue weighted by Gasteiger charge is -2.34. The van der Waals surface area contributed by atoms with Gasteiger partial charge in [0.2, 0.25) is 0 Å². The average molecular weight is 263 g/mol. The first-order valence-electron chi connectivity index (χ1n) is 6.60. The standard InChI is InChI=1S/C14H21N3O2/c1-11-2-3-12(10-13(11)15)14(19)17-6-4-16(5-7-17)8-9-18/h2-3,10,18H,4-9,15H2,1H3. The Balaban J connectivity index is 1.99. The second-order valence-electron chi connectivity index (χ2n) is 4.93. The summed E-state index contributed by atoms with van der Waals surface area (Å²) in [6.07, 6.45) is 0. The SMILES string of the molecule is Cc1ccc(C(=O)N2CCN(CCO)CC2)cc1N. The van der Waals surface area contributed by atoms with Crippen molar-refractivity contribution < 1.29 is 9.90 Å². The summed E-state index contributed by atoms with van der Waals surface area (Å²) in [4.78, 5) is 16.3. The van der Waals surface area contributed by atoms with E-state index < -0.39 is 0 Å². The molecule has 5 nitrogen and oxygen atoms in total. The first-order valence-corrected chi connectivity index (χ1v) is 6.60. The number of hydrogen-bond donors (Lipinski definition) is 2. The molecule has 1 amide bonds. The maximum absolute atomic E-state index is 12.3. The van der Waals surface area contributed by atoms with Crippen molar-refractivity contribution in [2.24, 2.45) is 0 Å². The molecule has 0 atom stereocenters. The average Bonchev–Trinajstić information content (AvgIpc) is 2.42. The molecule has 3 N–H and O–H groups in total. The Hall–Kier alpha value is -1.59. The quantitative estimate of drug-likeness (QED) is 0.771. The summed E-state index contributed by atoms with van der Waals surface area (Å²) in [7, 11) is 0. The molecule has 1 aliphatic rings. The normalized spacial score (nSPS) is 16.6. The lowest BCUT2D eigenvalue weighted by molar-refractivity contribution is 0.0615. The fourth-order valence-corrected chi connectivity index (χ4v) is 2.27. The third kappa shape index (κ3) is 3.24. The van der Waals surface area contributed by atoms with Crippen molar-refractivity contribution in [3.05, 3.63) is 29.3 Å². The summed E-state index contributed by atoms with van der Waals surface area (Å²) in [6, 6.07) is 5.45. The largest absolute Gasteiger partial charge is 0.398 e. The topological polar surface area (TPSA) is 69.8 Å². The van der Waals surface area contributed by atoms with E-state index in [1.807, 2.05) is 24.0 Å². The number of rotatable bonds is 3. The first-order chi connectivity index (χ1) is 9.11. The van der Waals surface area contributed by atoms with E-state index in [1.165, 1.54) is 0 Å². The van der Waals surface area contributed by atoms with Gasteiger partial charge in [-0.25, -0.2) is 0 Å². The number of aliphatic hydroxyl groups is 1. The van der Waals surface area contributed by atoms with Gasteiger partial charge in [-0.05, 0) is 24.6 Å². The molecule has 0 spiro atoms. The van der Waals surface area contributed by atoms with Crippen LogP contribution in [-0.2, 0) is 0 Å². The molecule has 1 fully saturated rings. The molecule has 5 heteroatoms. The highest BCUT2D eigenvalue weighted by molar-refractivity contribution is 5.95. The van der Waals surface area contributed by atoms with Gasteiger partial charge in [-0.15, -0.1) is 0 Å². The Bertz CT molecular complexity index is 454. The van der Waals surface area contributed by atoms with E-state index in [2.05, 4.69) is 4.90 Å². The van der Waals surface area contributed by atoms with Gasteiger partial charge in [0, 0.05) is 44.0 Å². The van der Waals surface area contributed by atoms with Crippen LogP contribution in [0.3, 0.4) is 0 Å². The van der Waals surface area contributed by atoms with Gasteiger partial charge >= 0.3 is 0 Å². The van der Waals surface area contributed by atoms with Gasteiger partial charge in [0.25, 0.3) is 5.91 Å². The van der Waals surface area contributed by atoms with Crippen LogP contribution < -0.4 is 5.73 Å².